The van der Waals surface area contributed by atoms with Crippen LogP contribution in [-0.2, 0) is 35.5 Å². The van der Waals surface area contributed by atoms with E-state index in [0.717, 1.165) is 34.5 Å². The zero-order valence-corrected chi connectivity index (χ0v) is 20.1. The topological polar surface area (TPSA) is 55.8 Å². The maximum absolute atomic E-state index is 12.9. The van der Waals surface area contributed by atoms with Crippen LogP contribution >= 0.6 is 0 Å². The molecule has 0 aromatic heterocycles. The fourth-order valence-electron chi connectivity index (χ4n) is 4.47. The summed E-state index contributed by atoms with van der Waals surface area (Å²) in [5.74, 6) is 0.772. The number of amides is 1. The number of rotatable bonds is 5. The number of carbonyl (C=O) groups excluding carboxylic acids is 2. The average molecular weight is 458 g/mol. The molecule has 176 valence electrons. The van der Waals surface area contributed by atoms with Crippen molar-refractivity contribution in [3.63, 3.8) is 0 Å². The normalized spacial score (nSPS) is 13.6. The van der Waals surface area contributed by atoms with Gasteiger partial charge in [-0.15, -0.1) is 0 Å². The molecule has 1 aliphatic heterocycles. The molecule has 34 heavy (non-hydrogen) atoms. The Labute approximate surface area is 201 Å². The maximum Gasteiger partial charge on any atom is 0.302 e. The number of ether oxygens (including phenoxy) is 2. The summed E-state index contributed by atoms with van der Waals surface area (Å²) in [4.78, 5) is 24.6. The van der Waals surface area contributed by atoms with Crippen LogP contribution in [0.15, 0.2) is 60.7 Å². The Balaban J connectivity index is 0.000000408. The molecule has 0 unspecified atom stereocenters. The average Bonchev–Trinajstić information content (AvgIpc) is 3.43. The Hall–Kier alpha value is -3.60. The largest absolute Gasteiger partial charge is 0.489 e. The van der Waals surface area contributed by atoms with Crippen molar-refractivity contribution in [2.75, 3.05) is 11.5 Å². The Morgan fingerprint density at radius 2 is 1.76 bits per heavy atom. The van der Waals surface area contributed by atoms with Gasteiger partial charge in [-0.3, -0.25) is 9.59 Å². The number of benzene rings is 3. The first-order chi connectivity index (χ1) is 16.5. The minimum atomic E-state index is -0.211. The van der Waals surface area contributed by atoms with Gasteiger partial charge in [0.25, 0.3) is 5.91 Å². The summed E-state index contributed by atoms with van der Waals surface area (Å²) < 4.78 is 10.5. The molecule has 0 fully saturated rings. The number of carbonyl (C=O) groups is 2. The lowest BCUT2D eigenvalue weighted by molar-refractivity contribution is -0.140. The Morgan fingerprint density at radius 3 is 2.47 bits per heavy atom. The highest BCUT2D eigenvalue weighted by atomic mass is 16.5. The molecule has 0 atom stereocenters. The second-order valence-electron chi connectivity index (χ2n) is 8.67. The van der Waals surface area contributed by atoms with E-state index in [0.29, 0.717) is 19.8 Å². The van der Waals surface area contributed by atoms with E-state index in [4.69, 9.17) is 4.74 Å². The van der Waals surface area contributed by atoms with Crippen LogP contribution in [0.2, 0.25) is 0 Å². The molecule has 1 heterocycles. The van der Waals surface area contributed by atoms with E-state index in [1.165, 1.54) is 36.5 Å². The summed E-state index contributed by atoms with van der Waals surface area (Å²) in [6.45, 7) is 6.79. The summed E-state index contributed by atoms with van der Waals surface area (Å²) in [5, 5.41) is 0. The molecule has 5 rings (SSSR count). The van der Waals surface area contributed by atoms with Crippen molar-refractivity contribution in [1.29, 1.82) is 0 Å². The number of hydrogen-bond acceptors (Lipinski definition) is 4. The van der Waals surface area contributed by atoms with Gasteiger partial charge in [0.15, 0.2) is 0 Å². The summed E-state index contributed by atoms with van der Waals surface area (Å²) in [5.41, 5.74) is 7.95. The van der Waals surface area contributed by atoms with E-state index in [1.54, 1.807) is 6.92 Å². The molecule has 2 aliphatic rings. The van der Waals surface area contributed by atoms with Crippen molar-refractivity contribution < 1.29 is 19.1 Å². The second kappa shape index (κ2) is 10.6. The van der Waals surface area contributed by atoms with Crippen LogP contribution in [0.4, 0.5) is 5.69 Å². The fourth-order valence-corrected chi connectivity index (χ4v) is 4.47. The third-order valence-corrected chi connectivity index (χ3v) is 6.22. The number of hydrogen-bond donors (Lipinski definition) is 0. The molecule has 0 radical (unpaired) electrons. The lowest BCUT2D eigenvalue weighted by Crippen LogP contribution is -2.22. The van der Waals surface area contributed by atoms with Crippen LogP contribution in [0, 0.1) is 6.92 Å². The molecule has 0 spiro atoms. The number of anilines is 1. The first-order valence-corrected chi connectivity index (χ1v) is 11.8. The minimum absolute atomic E-state index is 0.0678. The van der Waals surface area contributed by atoms with E-state index < -0.39 is 0 Å². The van der Waals surface area contributed by atoms with Crippen LogP contribution in [0.25, 0.3) is 0 Å². The van der Waals surface area contributed by atoms with Crippen molar-refractivity contribution in [3.05, 3.63) is 94.0 Å². The summed E-state index contributed by atoms with van der Waals surface area (Å²) in [7, 11) is 0. The zero-order chi connectivity index (χ0) is 24.1. The molecule has 3 aromatic rings. The van der Waals surface area contributed by atoms with Gasteiger partial charge in [-0.1, -0.05) is 35.9 Å². The van der Waals surface area contributed by atoms with Gasteiger partial charge in [-0.05, 0) is 85.7 Å². The van der Waals surface area contributed by atoms with Crippen LogP contribution in [0.3, 0.4) is 0 Å². The highest BCUT2D eigenvalue weighted by Gasteiger charge is 2.30. The van der Waals surface area contributed by atoms with Gasteiger partial charge in [0.2, 0.25) is 0 Å². The van der Waals surface area contributed by atoms with Crippen LogP contribution in [-0.4, -0.2) is 18.5 Å². The number of esters is 1. The molecule has 1 aliphatic carbocycles. The van der Waals surface area contributed by atoms with E-state index in [2.05, 4.69) is 35.9 Å². The number of fused-ring (bicyclic) bond motifs is 2. The van der Waals surface area contributed by atoms with Crippen molar-refractivity contribution in [3.8, 4) is 5.75 Å². The van der Waals surface area contributed by atoms with Gasteiger partial charge in [0.1, 0.15) is 12.4 Å². The third-order valence-electron chi connectivity index (χ3n) is 6.22. The predicted octanol–water partition coefficient (Wildman–Crippen LogP) is 5.79. The maximum atomic E-state index is 12.9. The van der Waals surface area contributed by atoms with Crippen molar-refractivity contribution in [2.24, 2.45) is 0 Å². The Bertz CT molecular complexity index is 1180. The van der Waals surface area contributed by atoms with Crippen LogP contribution in [0.5, 0.6) is 5.75 Å². The van der Waals surface area contributed by atoms with Crippen LogP contribution in [0.1, 0.15) is 58.4 Å². The van der Waals surface area contributed by atoms with E-state index >= 15 is 0 Å². The molecule has 0 saturated carbocycles. The lowest BCUT2D eigenvalue weighted by Gasteiger charge is -2.16. The summed E-state index contributed by atoms with van der Waals surface area (Å²) in [6, 6.07) is 20.5. The third kappa shape index (κ3) is 5.30. The first kappa shape index (κ1) is 23.6. The van der Waals surface area contributed by atoms with Crippen molar-refractivity contribution >= 4 is 17.6 Å². The molecule has 5 nitrogen and oxygen atoms in total. The minimum Gasteiger partial charge on any atom is -0.489 e. The number of nitrogens with zero attached hydrogens (tertiary/aromatic N) is 1. The fraction of sp³-hybridized carbons (Fsp3) is 0.310. The lowest BCUT2D eigenvalue weighted by atomic mass is 10.0. The van der Waals surface area contributed by atoms with Gasteiger partial charge in [0.05, 0.1) is 13.2 Å². The van der Waals surface area contributed by atoms with Gasteiger partial charge in [-0.2, -0.15) is 0 Å². The zero-order valence-electron chi connectivity index (χ0n) is 20.1. The van der Waals surface area contributed by atoms with Gasteiger partial charge < -0.3 is 14.4 Å². The Kier molecular flexibility index (Phi) is 7.31. The van der Waals surface area contributed by atoms with Crippen molar-refractivity contribution in [1.82, 2.24) is 0 Å². The monoisotopic (exact) mass is 457 g/mol. The first-order valence-electron chi connectivity index (χ1n) is 11.8. The van der Waals surface area contributed by atoms with E-state index in [1.807, 2.05) is 41.3 Å². The second-order valence-corrected chi connectivity index (χ2v) is 8.67. The highest BCUT2D eigenvalue weighted by Crippen LogP contribution is 2.32. The summed E-state index contributed by atoms with van der Waals surface area (Å²) >= 11 is 0. The predicted molar refractivity (Wildman–Crippen MR) is 133 cm³/mol. The standard InChI is InChI=1S/C25H23NO2.C4H8O2/c1-17-8-11-21(12-9-17)26-15-24-20(6-3-7-23(24)25(26)27)16-28-22-13-10-18-4-2-5-19(18)14-22;1-3-6-4(2)5/h3,6-14H,2,4-5,15-16H2,1H3;3H2,1-2H3. The molecule has 0 N–H and O–H groups in total. The SMILES string of the molecule is CCOC(C)=O.Cc1ccc(N2Cc3c(COc4ccc5c(c4)CCC5)cccc3C2=O)cc1. The quantitative estimate of drug-likeness (QED) is 0.455. The molecule has 3 aromatic carbocycles. The van der Waals surface area contributed by atoms with Gasteiger partial charge in [-0.25, -0.2) is 0 Å². The number of aryl methyl sites for hydroxylation is 3. The molecule has 0 bridgehead atoms. The van der Waals surface area contributed by atoms with Crippen molar-refractivity contribution in [2.45, 2.75) is 53.2 Å². The van der Waals surface area contributed by atoms with Gasteiger partial charge in [0, 0.05) is 18.2 Å². The van der Waals surface area contributed by atoms with Crippen LogP contribution < -0.4 is 9.64 Å². The molecular formula is C29H31NO4. The van der Waals surface area contributed by atoms with E-state index in [9.17, 15) is 9.59 Å². The summed E-state index contributed by atoms with van der Waals surface area (Å²) in [6.07, 6.45) is 3.56. The Morgan fingerprint density at radius 1 is 1.00 bits per heavy atom. The highest BCUT2D eigenvalue weighted by molar-refractivity contribution is 6.10. The molecule has 1 amide bonds. The molecule has 5 heteroatoms. The molecular weight excluding hydrogens is 426 g/mol. The molecule has 0 saturated heterocycles. The van der Waals surface area contributed by atoms with Gasteiger partial charge >= 0.3 is 5.97 Å². The smallest absolute Gasteiger partial charge is 0.302 e. The van der Waals surface area contributed by atoms with E-state index in [-0.39, 0.29) is 11.9 Å².